The first-order valence-electron chi connectivity index (χ1n) is 36.7. The van der Waals surface area contributed by atoms with Gasteiger partial charge in [-0.15, -0.1) is 0 Å². The Kier molecular flexibility index (Phi) is 59.4. The molecule has 19 heteroatoms. The van der Waals surface area contributed by atoms with Crippen LogP contribution < -0.4 is 0 Å². The molecule has 17 nitrogen and oxygen atoms in total. The van der Waals surface area contributed by atoms with Crippen molar-refractivity contribution in [3.63, 3.8) is 0 Å². The van der Waals surface area contributed by atoms with E-state index in [4.69, 9.17) is 37.0 Å². The van der Waals surface area contributed by atoms with E-state index >= 15 is 0 Å². The Morgan fingerprint density at radius 2 is 0.533 bits per heavy atom. The van der Waals surface area contributed by atoms with Crippen molar-refractivity contribution < 1.29 is 80.2 Å². The molecule has 0 aliphatic carbocycles. The molecule has 0 fully saturated rings. The Balaban J connectivity index is 5.25. The predicted octanol–water partition coefficient (Wildman–Crippen LogP) is 20.1. The van der Waals surface area contributed by atoms with Crippen LogP contribution in [0, 0.1) is 23.7 Å². The second-order valence-electron chi connectivity index (χ2n) is 27.3. The van der Waals surface area contributed by atoms with Gasteiger partial charge in [-0.25, -0.2) is 9.13 Å². The Bertz CT molecular complexity index is 1780. The number of esters is 4. The molecule has 0 bridgehead atoms. The molecule has 0 aliphatic heterocycles. The minimum absolute atomic E-state index is 0.105. The summed E-state index contributed by atoms with van der Waals surface area (Å²) in [6.45, 7) is 14.1. The van der Waals surface area contributed by atoms with Crippen molar-refractivity contribution in [3.05, 3.63) is 0 Å². The van der Waals surface area contributed by atoms with E-state index in [0.717, 1.165) is 114 Å². The number of phosphoric acid groups is 2. The van der Waals surface area contributed by atoms with Gasteiger partial charge in [0.1, 0.15) is 19.3 Å². The van der Waals surface area contributed by atoms with Crippen LogP contribution in [0.4, 0.5) is 0 Å². The van der Waals surface area contributed by atoms with E-state index in [2.05, 4.69) is 55.4 Å². The lowest BCUT2D eigenvalue weighted by molar-refractivity contribution is -0.161. The third-order valence-electron chi connectivity index (χ3n) is 16.7. The van der Waals surface area contributed by atoms with E-state index in [1.165, 1.54) is 148 Å². The maximum atomic E-state index is 13.0. The number of carbonyl (C=O) groups is 4. The molecular weight excluding hydrogens is 1190 g/mol. The highest BCUT2D eigenvalue weighted by atomic mass is 31.2. The Morgan fingerprint density at radius 1 is 0.311 bits per heavy atom. The van der Waals surface area contributed by atoms with Crippen molar-refractivity contribution in [2.75, 3.05) is 39.6 Å². The maximum Gasteiger partial charge on any atom is 0.472 e. The van der Waals surface area contributed by atoms with Gasteiger partial charge < -0.3 is 33.8 Å². The van der Waals surface area contributed by atoms with E-state index < -0.39 is 97.5 Å². The van der Waals surface area contributed by atoms with Crippen LogP contribution in [-0.4, -0.2) is 96.7 Å². The highest BCUT2D eigenvalue weighted by Gasteiger charge is 2.30. The number of hydrogen-bond donors (Lipinski definition) is 3. The van der Waals surface area contributed by atoms with Gasteiger partial charge in [0.25, 0.3) is 0 Å². The van der Waals surface area contributed by atoms with Crippen LogP contribution >= 0.6 is 15.6 Å². The zero-order chi connectivity index (χ0) is 66.8. The fraction of sp³-hybridized carbons (Fsp3) is 0.944. The number of aliphatic hydroxyl groups excluding tert-OH is 1. The molecule has 0 aliphatic rings. The van der Waals surface area contributed by atoms with Crippen LogP contribution in [0.3, 0.4) is 0 Å². The van der Waals surface area contributed by atoms with Crippen LogP contribution in [0.1, 0.15) is 351 Å². The number of rotatable bonds is 68. The van der Waals surface area contributed by atoms with Crippen molar-refractivity contribution in [1.29, 1.82) is 0 Å². The molecule has 0 spiro atoms. The monoisotopic (exact) mass is 1320 g/mol. The number of phosphoric ester groups is 2. The number of ether oxygens (including phenoxy) is 4. The third kappa shape index (κ3) is 63.5. The minimum atomic E-state index is -4.95. The first-order chi connectivity index (χ1) is 43.1. The summed E-state index contributed by atoms with van der Waals surface area (Å²) < 4.78 is 68.3. The lowest BCUT2D eigenvalue weighted by Crippen LogP contribution is -2.30. The summed E-state index contributed by atoms with van der Waals surface area (Å²) >= 11 is 0. The van der Waals surface area contributed by atoms with Crippen molar-refractivity contribution in [3.8, 4) is 0 Å². The molecule has 6 atom stereocenters. The van der Waals surface area contributed by atoms with E-state index in [9.17, 15) is 43.2 Å². The molecule has 0 heterocycles. The minimum Gasteiger partial charge on any atom is -0.462 e. The topological polar surface area (TPSA) is 237 Å². The van der Waals surface area contributed by atoms with Gasteiger partial charge in [-0.1, -0.05) is 299 Å². The number of aliphatic hydroxyl groups is 1. The smallest absolute Gasteiger partial charge is 0.462 e. The van der Waals surface area contributed by atoms with Crippen LogP contribution in [0.5, 0.6) is 0 Å². The molecule has 534 valence electrons. The quantitative estimate of drug-likeness (QED) is 0.0222. The fourth-order valence-electron chi connectivity index (χ4n) is 10.6. The second-order valence-corrected chi connectivity index (χ2v) is 30.2. The molecule has 3 unspecified atom stereocenters. The highest BCUT2D eigenvalue weighted by molar-refractivity contribution is 7.47. The van der Waals surface area contributed by atoms with E-state index in [-0.39, 0.29) is 25.7 Å². The first-order valence-corrected chi connectivity index (χ1v) is 39.7. The molecule has 0 aromatic carbocycles. The molecular formula is C71H138O17P2. The molecule has 90 heavy (non-hydrogen) atoms. The average Bonchev–Trinajstić information content (AvgIpc) is 3.51. The van der Waals surface area contributed by atoms with Gasteiger partial charge in [-0.3, -0.25) is 37.3 Å². The molecule has 0 radical (unpaired) electrons. The summed E-state index contributed by atoms with van der Waals surface area (Å²) in [5, 5.41) is 10.6. The maximum absolute atomic E-state index is 13.0. The lowest BCUT2D eigenvalue weighted by atomic mass is 9.99. The van der Waals surface area contributed by atoms with Gasteiger partial charge in [-0.05, 0) is 49.4 Å². The zero-order valence-corrected chi connectivity index (χ0v) is 60.6. The van der Waals surface area contributed by atoms with Gasteiger partial charge >= 0.3 is 39.5 Å². The Labute approximate surface area is 549 Å². The molecule has 0 aromatic heterocycles. The second kappa shape index (κ2) is 60.7. The standard InChI is InChI=1S/C71H138O17P2/c1-9-64(8)50-42-34-25-19-14-16-22-28-38-46-54-71(76)88-67(58-82-69(74)52-44-36-30-29-33-41-49-63(6)7)60-86-90(79,80)84-56-65(72)55-83-89(77,78)85-59-66(87-70(75)53-45-37-27-21-15-13-18-24-32-40-48-62(4)5)57-81-68(73)51-43-35-26-20-12-10-11-17-23-31-39-47-61(2)3/h61-67,72H,9-60H2,1-8H3,(H,77,78)(H,79,80)/t64?,65-,66-,67-/m1/s1. The Morgan fingerprint density at radius 3 is 0.789 bits per heavy atom. The van der Waals surface area contributed by atoms with Gasteiger partial charge in [0, 0.05) is 25.7 Å². The fourth-order valence-corrected chi connectivity index (χ4v) is 12.2. The summed E-state index contributed by atoms with van der Waals surface area (Å²) in [5.41, 5.74) is 0. The van der Waals surface area contributed by atoms with Crippen molar-refractivity contribution in [2.24, 2.45) is 23.7 Å². The van der Waals surface area contributed by atoms with E-state index in [1.807, 2.05) is 0 Å². The van der Waals surface area contributed by atoms with Gasteiger partial charge in [0.15, 0.2) is 12.2 Å². The summed E-state index contributed by atoms with van der Waals surface area (Å²) in [6, 6.07) is 0. The van der Waals surface area contributed by atoms with Gasteiger partial charge in [0.05, 0.1) is 26.4 Å². The predicted molar refractivity (Wildman–Crippen MR) is 363 cm³/mol. The van der Waals surface area contributed by atoms with Crippen LogP contribution in [0.2, 0.25) is 0 Å². The van der Waals surface area contributed by atoms with E-state index in [0.29, 0.717) is 31.6 Å². The van der Waals surface area contributed by atoms with E-state index in [1.54, 1.807) is 0 Å². The van der Waals surface area contributed by atoms with Crippen molar-refractivity contribution in [2.45, 2.75) is 369 Å². The molecule has 0 saturated carbocycles. The third-order valence-corrected chi connectivity index (χ3v) is 18.6. The largest absolute Gasteiger partial charge is 0.472 e. The number of hydrogen-bond acceptors (Lipinski definition) is 15. The van der Waals surface area contributed by atoms with Crippen molar-refractivity contribution in [1.82, 2.24) is 0 Å². The summed E-state index contributed by atoms with van der Waals surface area (Å²) in [6.07, 6.45) is 43.1. The summed E-state index contributed by atoms with van der Waals surface area (Å²) in [7, 11) is -9.90. The van der Waals surface area contributed by atoms with Crippen molar-refractivity contribution >= 4 is 39.5 Å². The lowest BCUT2D eigenvalue weighted by Gasteiger charge is -2.21. The highest BCUT2D eigenvalue weighted by Crippen LogP contribution is 2.45. The van der Waals surface area contributed by atoms with Crippen LogP contribution in [0.25, 0.3) is 0 Å². The van der Waals surface area contributed by atoms with Crippen LogP contribution in [0.15, 0.2) is 0 Å². The first kappa shape index (κ1) is 88.1. The molecule has 0 rings (SSSR count). The Hall–Kier alpha value is -1.94. The molecule has 0 saturated heterocycles. The summed E-state index contributed by atoms with van der Waals surface area (Å²) in [4.78, 5) is 72.6. The van der Waals surface area contributed by atoms with Crippen LogP contribution in [-0.2, 0) is 65.4 Å². The normalized spacial score (nSPS) is 14.6. The molecule has 3 N–H and O–H groups in total. The molecule has 0 amide bonds. The van der Waals surface area contributed by atoms with Gasteiger partial charge in [0.2, 0.25) is 0 Å². The van der Waals surface area contributed by atoms with Gasteiger partial charge in [-0.2, -0.15) is 0 Å². The molecule has 0 aromatic rings. The number of carbonyl (C=O) groups excluding carboxylic acids is 4. The SMILES string of the molecule is CCC(C)CCCCCCCCCCCCC(=O)O[C@H](COC(=O)CCCCCCCCC(C)C)COP(=O)(O)OC[C@H](O)COP(=O)(O)OC[C@@H](COC(=O)CCCCCCCCCCCCCC(C)C)OC(=O)CCCCCCCCCCCCC(C)C. The summed E-state index contributed by atoms with van der Waals surface area (Å²) in [5.74, 6) is 0.876. The number of unbranched alkanes of at least 4 members (excludes halogenated alkanes) is 33. The average molecular weight is 1330 g/mol. The zero-order valence-electron chi connectivity index (χ0n) is 58.8.